The van der Waals surface area contributed by atoms with E-state index in [0.29, 0.717) is 24.7 Å². The molecule has 0 amide bonds. The minimum absolute atomic E-state index is 0.00620. The van der Waals surface area contributed by atoms with Gasteiger partial charge in [-0.1, -0.05) is 50.8 Å². The van der Waals surface area contributed by atoms with Crippen LogP contribution in [0.3, 0.4) is 0 Å². The Hall–Kier alpha value is -2.33. The molecule has 1 aromatic carbocycles. The highest BCUT2D eigenvalue weighted by Gasteiger charge is 2.25. The maximum Gasteiger partial charge on any atom is 0.162 e. The van der Waals surface area contributed by atoms with Crippen molar-refractivity contribution in [2.24, 2.45) is 11.8 Å². The molecule has 160 valence electrons. The van der Waals surface area contributed by atoms with Gasteiger partial charge in [-0.05, 0) is 55.9 Å². The minimum atomic E-state index is -0.379. The van der Waals surface area contributed by atoms with Gasteiger partial charge in [0.25, 0.3) is 0 Å². The zero-order chi connectivity index (χ0) is 21.8. The molecule has 1 aromatic rings. The SMILES string of the molecule is C=CC(=O)[C@@H](C[C@@H](OC)C(=C)OCc1ccc(OC)cc1)C(C)=CCCC(C)C. The van der Waals surface area contributed by atoms with Gasteiger partial charge < -0.3 is 14.2 Å². The van der Waals surface area contributed by atoms with Gasteiger partial charge >= 0.3 is 0 Å². The van der Waals surface area contributed by atoms with E-state index in [1.165, 1.54) is 6.08 Å². The summed E-state index contributed by atoms with van der Waals surface area (Å²) in [6.45, 7) is 14.5. The summed E-state index contributed by atoms with van der Waals surface area (Å²) in [6.07, 6.45) is 5.69. The lowest BCUT2D eigenvalue weighted by Crippen LogP contribution is -2.24. The van der Waals surface area contributed by atoms with Crippen molar-refractivity contribution >= 4 is 5.78 Å². The van der Waals surface area contributed by atoms with E-state index in [2.05, 4.69) is 33.1 Å². The third-order valence-corrected chi connectivity index (χ3v) is 4.98. The molecule has 4 nitrogen and oxygen atoms in total. The molecule has 2 atom stereocenters. The predicted octanol–water partition coefficient (Wildman–Crippen LogP) is 5.88. The summed E-state index contributed by atoms with van der Waals surface area (Å²) in [6, 6.07) is 7.66. The van der Waals surface area contributed by atoms with Crippen LogP contribution in [0, 0.1) is 11.8 Å². The second-order valence-corrected chi connectivity index (χ2v) is 7.64. The third-order valence-electron chi connectivity index (χ3n) is 4.98. The van der Waals surface area contributed by atoms with Crippen molar-refractivity contribution in [2.75, 3.05) is 14.2 Å². The maximum atomic E-state index is 12.5. The number of rotatable bonds is 14. The minimum Gasteiger partial charge on any atom is -0.497 e. The molecule has 1 rings (SSSR count). The molecule has 0 spiro atoms. The van der Waals surface area contributed by atoms with Crippen molar-refractivity contribution in [3.8, 4) is 5.75 Å². The lowest BCUT2D eigenvalue weighted by molar-refractivity contribution is -0.118. The van der Waals surface area contributed by atoms with Gasteiger partial charge in [0.1, 0.15) is 24.2 Å². The van der Waals surface area contributed by atoms with Crippen molar-refractivity contribution < 1.29 is 19.0 Å². The number of benzene rings is 1. The Morgan fingerprint density at radius 2 is 1.83 bits per heavy atom. The van der Waals surface area contributed by atoms with Crippen molar-refractivity contribution in [1.29, 1.82) is 0 Å². The molecule has 29 heavy (non-hydrogen) atoms. The standard InChI is InChI=1S/C25H36O4/c1-8-24(26)23(19(4)11-9-10-18(2)3)16-25(28-7)20(5)29-17-21-12-14-22(27-6)15-13-21/h8,11-15,18,23,25H,1,5,9-10,16-17H2,2-4,6-7H3/t23-,25+/m0/s1. The van der Waals surface area contributed by atoms with Crippen LogP contribution in [0.4, 0.5) is 0 Å². The number of carbonyl (C=O) groups is 1. The molecule has 0 aliphatic rings. The highest BCUT2D eigenvalue weighted by atomic mass is 16.5. The summed E-state index contributed by atoms with van der Waals surface area (Å²) >= 11 is 0. The fourth-order valence-electron chi connectivity index (χ4n) is 3.02. The monoisotopic (exact) mass is 400 g/mol. The number of hydrogen-bond acceptors (Lipinski definition) is 4. The first kappa shape index (κ1) is 24.7. The fraction of sp³-hybridized carbons (Fsp3) is 0.480. The summed E-state index contributed by atoms with van der Waals surface area (Å²) in [5.41, 5.74) is 2.05. The topological polar surface area (TPSA) is 44.8 Å². The first-order valence-corrected chi connectivity index (χ1v) is 10.1. The zero-order valence-corrected chi connectivity index (χ0v) is 18.6. The first-order valence-electron chi connectivity index (χ1n) is 10.1. The van der Waals surface area contributed by atoms with Crippen LogP contribution < -0.4 is 4.74 Å². The van der Waals surface area contributed by atoms with Crippen LogP contribution >= 0.6 is 0 Å². The predicted molar refractivity (Wildman–Crippen MR) is 119 cm³/mol. The van der Waals surface area contributed by atoms with Gasteiger partial charge in [0.2, 0.25) is 0 Å². The molecule has 0 saturated heterocycles. The quantitative estimate of drug-likeness (QED) is 0.222. The number of hydrogen-bond donors (Lipinski definition) is 0. The van der Waals surface area contributed by atoms with Gasteiger partial charge in [-0.3, -0.25) is 4.79 Å². The molecule has 0 aliphatic carbocycles. The molecule has 0 N–H and O–H groups in total. The van der Waals surface area contributed by atoms with Crippen LogP contribution in [-0.2, 0) is 20.9 Å². The Morgan fingerprint density at radius 1 is 1.17 bits per heavy atom. The molecule has 4 heteroatoms. The molecule has 0 aromatic heterocycles. The van der Waals surface area contributed by atoms with Crippen LogP contribution in [-0.4, -0.2) is 26.1 Å². The molecule has 0 saturated carbocycles. The summed E-state index contributed by atoms with van der Waals surface area (Å²) in [5, 5.41) is 0. The van der Waals surface area contributed by atoms with Gasteiger partial charge in [-0.25, -0.2) is 0 Å². The fourth-order valence-corrected chi connectivity index (χ4v) is 3.02. The zero-order valence-electron chi connectivity index (χ0n) is 18.6. The van der Waals surface area contributed by atoms with Crippen LogP contribution in [0.15, 0.2) is 60.9 Å². The van der Waals surface area contributed by atoms with Crippen LogP contribution in [0.2, 0.25) is 0 Å². The molecule has 0 unspecified atom stereocenters. The molecule has 0 fully saturated rings. The molecule has 0 aliphatic heterocycles. The Kier molecular flexibility index (Phi) is 11.1. The van der Waals surface area contributed by atoms with E-state index in [0.717, 1.165) is 29.7 Å². The second-order valence-electron chi connectivity index (χ2n) is 7.64. The van der Waals surface area contributed by atoms with Gasteiger partial charge in [0, 0.05) is 13.0 Å². The van der Waals surface area contributed by atoms with E-state index in [1.807, 2.05) is 31.2 Å². The lowest BCUT2D eigenvalue weighted by atomic mass is 9.88. The van der Waals surface area contributed by atoms with Gasteiger partial charge in [0.15, 0.2) is 5.78 Å². The van der Waals surface area contributed by atoms with Crippen molar-refractivity contribution in [3.63, 3.8) is 0 Å². The van der Waals surface area contributed by atoms with E-state index < -0.39 is 0 Å². The first-order chi connectivity index (χ1) is 13.8. The largest absolute Gasteiger partial charge is 0.497 e. The Balaban J connectivity index is 2.76. The van der Waals surface area contributed by atoms with Crippen LogP contribution in [0.25, 0.3) is 0 Å². The van der Waals surface area contributed by atoms with Crippen LogP contribution in [0.1, 0.15) is 45.6 Å². The summed E-state index contributed by atoms with van der Waals surface area (Å²) in [7, 11) is 3.25. The van der Waals surface area contributed by atoms with Crippen molar-refractivity contribution in [3.05, 3.63) is 66.5 Å². The third kappa shape index (κ3) is 8.70. The number of allylic oxidation sites excluding steroid dienone is 3. The van der Waals surface area contributed by atoms with E-state index in [-0.39, 0.29) is 17.8 Å². The highest BCUT2D eigenvalue weighted by Crippen LogP contribution is 2.25. The average Bonchev–Trinajstić information content (AvgIpc) is 2.72. The number of ether oxygens (including phenoxy) is 3. The Labute approximate surface area is 176 Å². The summed E-state index contributed by atoms with van der Waals surface area (Å²) in [5.74, 6) is 1.65. The van der Waals surface area contributed by atoms with E-state index >= 15 is 0 Å². The molecular weight excluding hydrogens is 364 g/mol. The van der Waals surface area contributed by atoms with Gasteiger partial charge in [-0.2, -0.15) is 0 Å². The summed E-state index contributed by atoms with van der Waals surface area (Å²) < 4.78 is 16.6. The molecular formula is C25H36O4. The molecule has 0 heterocycles. The van der Waals surface area contributed by atoms with Crippen LogP contribution in [0.5, 0.6) is 5.75 Å². The van der Waals surface area contributed by atoms with Gasteiger partial charge in [-0.15, -0.1) is 0 Å². The lowest BCUT2D eigenvalue weighted by Gasteiger charge is -2.24. The smallest absolute Gasteiger partial charge is 0.162 e. The second kappa shape index (κ2) is 13.0. The van der Waals surface area contributed by atoms with Crippen molar-refractivity contribution in [1.82, 2.24) is 0 Å². The van der Waals surface area contributed by atoms with Crippen molar-refractivity contribution in [2.45, 2.75) is 52.7 Å². The average molecular weight is 401 g/mol. The number of methoxy groups -OCH3 is 2. The molecule has 0 bridgehead atoms. The normalized spacial score (nSPS) is 13.7. The summed E-state index contributed by atoms with van der Waals surface area (Å²) in [4.78, 5) is 12.5. The number of ketones is 1. The van der Waals surface area contributed by atoms with E-state index in [9.17, 15) is 4.79 Å². The highest BCUT2D eigenvalue weighted by molar-refractivity contribution is 5.93. The maximum absolute atomic E-state index is 12.5. The Bertz CT molecular complexity index is 685. The van der Waals surface area contributed by atoms with E-state index in [1.54, 1.807) is 14.2 Å². The Morgan fingerprint density at radius 3 is 2.34 bits per heavy atom. The number of carbonyl (C=O) groups excluding carboxylic acids is 1. The van der Waals surface area contributed by atoms with E-state index in [4.69, 9.17) is 14.2 Å². The van der Waals surface area contributed by atoms with Gasteiger partial charge in [0.05, 0.1) is 7.11 Å². The molecule has 0 radical (unpaired) electrons.